The molecule has 2 aromatic heterocycles. The van der Waals surface area contributed by atoms with E-state index in [-0.39, 0.29) is 0 Å². The number of aromatic nitrogens is 2. The summed E-state index contributed by atoms with van der Waals surface area (Å²) in [6, 6.07) is 14.8. The molecule has 0 unspecified atom stereocenters. The lowest BCUT2D eigenvalue weighted by atomic mass is 9.93. The molecule has 3 N–H and O–H groups in total. The van der Waals surface area contributed by atoms with Crippen molar-refractivity contribution in [3.8, 4) is 22.3 Å². The number of anilines is 1. The number of pyridine rings is 1. The van der Waals surface area contributed by atoms with E-state index in [2.05, 4.69) is 57.1 Å². The second-order valence-electron chi connectivity index (χ2n) is 8.93. The molecule has 1 fully saturated rings. The third-order valence-corrected chi connectivity index (χ3v) is 6.94. The van der Waals surface area contributed by atoms with Gasteiger partial charge in [-0.05, 0) is 67.4 Å². The predicted octanol–water partition coefficient (Wildman–Crippen LogP) is 4.36. The Kier molecular flexibility index (Phi) is 5.38. The van der Waals surface area contributed by atoms with Gasteiger partial charge in [-0.1, -0.05) is 18.2 Å². The summed E-state index contributed by atoms with van der Waals surface area (Å²) >= 11 is 0. The topological polar surface area (TPSA) is 78.2 Å². The third-order valence-electron chi connectivity index (χ3n) is 6.94. The van der Waals surface area contributed by atoms with Gasteiger partial charge in [-0.25, -0.2) is 4.98 Å². The summed E-state index contributed by atoms with van der Waals surface area (Å²) in [7, 11) is 2.17. The molecule has 1 saturated heterocycles. The molecule has 6 heteroatoms. The zero-order valence-electron chi connectivity index (χ0n) is 19.4. The minimum atomic E-state index is -0.398. The van der Waals surface area contributed by atoms with Gasteiger partial charge >= 0.3 is 0 Å². The maximum Gasteiger partial charge on any atom is 0.248 e. The molecule has 1 aliphatic heterocycles. The van der Waals surface area contributed by atoms with Crippen molar-refractivity contribution in [2.45, 2.75) is 13.8 Å². The van der Waals surface area contributed by atoms with Crippen molar-refractivity contribution in [1.82, 2.24) is 14.9 Å². The van der Waals surface area contributed by atoms with Gasteiger partial charge in [0.25, 0.3) is 0 Å². The Morgan fingerprint density at radius 3 is 2.36 bits per heavy atom. The fourth-order valence-electron chi connectivity index (χ4n) is 4.69. The van der Waals surface area contributed by atoms with Crippen LogP contribution in [-0.4, -0.2) is 54.0 Å². The van der Waals surface area contributed by atoms with Crippen LogP contribution in [0.4, 0.5) is 5.69 Å². The Morgan fingerprint density at radius 2 is 1.67 bits per heavy atom. The summed E-state index contributed by atoms with van der Waals surface area (Å²) < 4.78 is 0. The molecule has 0 atom stereocenters. The van der Waals surface area contributed by atoms with Crippen molar-refractivity contribution in [3.05, 3.63) is 71.5 Å². The molecule has 0 spiro atoms. The maximum absolute atomic E-state index is 11.7. The highest BCUT2D eigenvalue weighted by Crippen LogP contribution is 2.34. The first kappa shape index (κ1) is 21.2. The van der Waals surface area contributed by atoms with Gasteiger partial charge < -0.3 is 20.5 Å². The minimum absolute atomic E-state index is 0.398. The van der Waals surface area contributed by atoms with Gasteiger partial charge in [0.05, 0.1) is 0 Å². The van der Waals surface area contributed by atoms with Crippen molar-refractivity contribution in [3.63, 3.8) is 0 Å². The van der Waals surface area contributed by atoms with Crippen LogP contribution in [0.25, 0.3) is 33.3 Å². The van der Waals surface area contributed by atoms with E-state index >= 15 is 0 Å². The first-order valence-electron chi connectivity index (χ1n) is 11.3. The van der Waals surface area contributed by atoms with Crippen LogP contribution in [0.15, 0.2) is 54.9 Å². The zero-order valence-corrected chi connectivity index (χ0v) is 19.4. The van der Waals surface area contributed by atoms with E-state index in [0.29, 0.717) is 5.56 Å². The van der Waals surface area contributed by atoms with E-state index < -0.39 is 5.91 Å². The Labute approximate surface area is 194 Å². The number of piperazine rings is 1. The molecule has 4 aromatic rings. The summed E-state index contributed by atoms with van der Waals surface area (Å²) in [5.41, 5.74) is 14.6. The number of amides is 1. The number of hydrogen-bond donors (Lipinski definition) is 2. The number of rotatable bonds is 4. The van der Waals surface area contributed by atoms with Crippen LogP contribution in [0.5, 0.6) is 0 Å². The molecule has 5 rings (SSSR count). The highest BCUT2D eigenvalue weighted by Gasteiger charge is 2.16. The van der Waals surface area contributed by atoms with E-state index in [9.17, 15) is 4.79 Å². The number of nitrogens with one attached hydrogen (secondary N) is 1. The number of nitrogens with zero attached hydrogens (tertiary/aromatic N) is 3. The first-order chi connectivity index (χ1) is 15.9. The molecule has 33 heavy (non-hydrogen) atoms. The van der Waals surface area contributed by atoms with Gasteiger partial charge in [-0.15, -0.1) is 0 Å². The second-order valence-corrected chi connectivity index (χ2v) is 8.93. The molecule has 3 heterocycles. The molecular formula is C27H29N5O. The summed E-state index contributed by atoms with van der Waals surface area (Å²) in [5.74, 6) is -0.398. The monoisotopic (exact) mass is 439 g/mol. The van der Waals surface area contributed by atoms with E-state index in [1.807, 2.05) is 38.4 Å². The number of nitrogens with two attached hydrogens (primary N) is 1. The minimum Gasteiger partial charge on any atom is -0.369 e. The van der Waals surface area contributed by atoms with Crippen molar-refractivity contribution in [2.24, 2.45) is 5.73 Å². The SMILES string of the molecule is Cc1c(C(N)=O)ccc(-c2c[nH]c3ncc(-c4ccc(N5CCN(C)CC5)cc4)cc23)c1C. The standard InChI is InChI=1S/C27H29N5O/c1-17-18(2)23(26(28)33)9-8-22(17)25-16-30-27-24(25)14-20(15-29-27)19-4-6-21(7-5-19)32-12-10-31(3)11-13-32/h4-9,14-16H,10-13H2,1-3H3,(H2,28,33)(H,29,30). The first-order valence-corrected chi connectivity index (χ1v) is 11.3. The van der Waals surface area contributed by atoms with Gasteiger partial charge in [-0.2, -0.15) is 0 Å². The van der Waals surface area contributed by atoms with Gasteiger partial charge in [0.2, 0.25) is 5.91 Å². The Morgan fingerprint density at radius 1 is 0.939 bits per heavy atom. The number of hydrogen-bond acceptors (Lipinski definition) is 4. The number of primary amides is 1. The van der Waals surface area contributed by atoms with E-state index in [0.717, 1.165) is 70.6 Å². The Hall–Kier alpha value is -3.64. The summed E-state index contributed by atoms with van der Waals surface area (Å²) in [5, 5.41) is 1.06. The van der Waals surface area contributed by atoms with E-state index in [1.165, 1.54) is 5.69 Å². The number of benzene rings is 2. The quantitative estimate of drug-likeness (QED) is 0.495. The lowest BCUT2D eigenvalue weighted by Crippen LogP contribution is -2.44. The smallest absolute Gasteiger partial charge is 0.248 e. The number of carbonyl (C=O) groups is 1. The second kappa shape index (κ2) is 8.37. The van der Waals surface area contributed by atoms with Crippen LogP contribution in [0, 0.1) is 13.8 Å². The van der Waals surface area contributed by atoms with Gasteiger partial charge in [0, 0.05) is 66.3 Å². The lowest BCUT2D eigenvalue weighted by Gasteiger charge is -2.34. The number of H-pyrrole nitrogens is 1. The third kappa shape index (κ3) is 3.87. The average molecular weight is 440 g/mol. The fraction of sp³-hybridized carbons (Fsp3) is 0.259. The van der Waals surface area contributed by atoms with Crippen molar-refractivity contribution < 1.29 is 4.79 Å². The molecule has 2 aromatic carbocycles. The zero-order chi connectivity index (χ0) is 23.1. The maximum atomic E-state index is 11.7. The number of likely N-dealkylation sites (N-methyl/N-ethyl adjacent to an activating group) is 1. The number of aromatic amines is 1. The van der Waals surface area contributed by atoms with Crippen molar-refractivity contribution >= 4 is 22.6 Å². The van der Waals surface area contributed by atoms with Crippen LogP contribution >= 0.6 is 0 Å². The fourth-order valence-corrected chi connectivity index (χ4v) is 4.69. The Balaban J connectivity index is 1.49. The van der Waals surface area contributed by atoms with Crippen LogP contribution in [0.3, 0.4) is 0 Å². The average Bonchev–Trinajstić information content (AvgIpc) is 3.24. The highest BCUT2D eigenvalue weighted by molar-refractivity contribution is 5.99. The predicted molar refractivity (Wildman–Crippen MR) is 135 cm³/mol. The molecular weight excluding hydrogens is 410 g/mol. The molecule has 168 valence electrons. The molecule has 1 aliphatic rings. The summed E-state index contributed by atoms with van der Waals surface area (Å²) in [6.07, 6.45) is 3.91. The van der Waals surface area contributed by atoms with Crippen LogP contribution < -0.4 is 10.6 Å². The highest BCUT2D eigenvalue weighted by atomic mass is 16.1. The molecule has 0 bridgehead atoms. The van der Waals surface area contributed by atoms with Crippen LogP contribution in [0.2, 0.25) is 0 Å². The molecule has 0 aliphatic carbocycles. The molecule has 1 amide bonds. The molecule has 0 radical (unpaired) electrons. The van der Waals surface area contributed by atoms with Crippen LogP contribution in [-0.2, 0) is 0 Å². The molecule has 0 saturated carbocycles. The normalized spacial score (nSPS) is 14.7. The lowest BCUT2D eigenvalue weighted by molar-refractivity contribution is 0.0999. The summed E-state index contributed by atoms with van der Waals surface area (Å²) in [4.78, 5) is 24.5. The largest absolute Gasteiger partial charge is 0.369 e. The van der Waals surface area contributed by atoms with E-state index in [1.54, 1.807) is 0 Å². The summed E-state index contributed by atoms with van der Waals surface area (Å²) in [6.45, 7) is 8.28. The van der Waals surface area contributed by atoms with Crippen molar-refractivity contribution in [1.29, 1.82) is 0 Å². The number of fused-ring (bicyclic) bond motifs is 1. The molecule has 6 nitrogen and oxygen atoms in total. The van der Waals surface area contributed by atoms with E-state index in [4.69, 9.17) is 5.73 Å². The Bertz CT molecular complexity index is 1330. The van der Waals surface area contributed by atoms with Gasteiger partial charge in [0.15, 0.2) is 0 Å². The van der Waals surface area contributed by atoms with Gasteiger partial charge in [-0.3, -0.25) is 4.79 Å². The van der Waals surface area contributed by atoms with Crippen molar-refractivity contribution in [2.75, 3.05) is 38.1 Å². The van der Waals surface area contributed by atoms with Gasteiger partial charge in [0.1, 0.15) is 5.65 Å². The van der Waals surface area contributed by atoms with Crippen LogP contribution in [0.1, 0.15) is 21.5 Å². The number of carbonyl (C=O) groups excluding carboxylic acids is 1.